The Morgan fingerprint density at radius 2 is 2.29 bits per heavy atom. The Morgan fingerprint density at radius 3 is 3.06 bits per heavy atom. The number of nitrogens with zero attached hydrogens (tertiary/aromatic N) is 2. The zero-order valence-electron chi connectivity index (χ0n) is 9.20. The first kappa shape index (κ1) is 11.2. The van der Waals surface area contributed by atoms with Crippen molar-refractivity contribution in [3.63, 3.8) is 0 Å². The summed E-state index contributed by atoms with van der Waals surface area (Å²) in [4.78, 5) is 0. The average Bonchev–Trinajstić information content (AvgIpc) is 2.80. The van der Waals surface area contributed by atoms with Gasteiger partial charge in [0.05, 0.1) is 9.99 Å². The first-order valence-electron chi connectivity index (χ1n) is 5.70. The predicted molar refractivity (Wildman–Crippen MR) is 66.2 cm³/mol. The molecule has 2 aromatic rings. The molecule has 1 aliphatic heterocycles. The molecule has 1 aromatic carbocycles. The highest BCUT2D eigenvalue weighted by molar-refractivity contribution is 9.10. The third kappa shape index (κ3) is 1.98. The average molecular weight is 299 g/mol. The van der Waals surface area contributed by atoms with Crippen molar-refractivity contribution in [1.82, 2.24) is 9.78 Å². The van der Waals surface area contributed by atoms with E-state index >= 15 is 0 Å². The second-order valence-electron chi connectivity index (χ2n) is 4.22. The Labute approximate surface area is 107 Å². The van der Waals surface area contributed by atoms with Crippen molar-refractivity contribution in [3.05, 3.63) is 28.6 Å². The maximum Gasteiger partial charge on any atom is 0.150 e. The van der Waals surface area contributed by atoms with Gasteiger partial charge in [-0.05, 0) is 47.3 Å². The second kappa shape index (κ2) is 4.38. The molecule has 1 aromatic heterocycles. The molecular weight excluding hydrogens is 287 g/mol. The number of aromatic nitrogens is 2. The molecule has 0 spiro atoms. The van der Waals surface area contributed by atoms with Crippen LogP contribution >= 0.6 is 15.9 Å². The van der Waals surface area contributed by atoms with E-state index in [-0.39, 0.29) is 12.0 Å². The predicted octanol–water partition coefficient (Wildman–Crippen LogP) is 3.64. The molecule has 0 bridgehead atoms. The SMILES string of the molecule is Fc1ccc2nn(C3CCCCO3)cc2c1Br. The molecule has 0 saturated carbocycles. The maximum absolute atomic E-state index is 13.4. The Bertz CT molecular complexity index is 549. The van der Waals surface area contributed by atoms with Crippen LogP contribution in [0.2, 0.25) is 0 Å². The van der Waals surface area contributed by atoms with Crippen LogP contribution in [-0.4, -0.2) is 16.4 Å². The summed E-state index contributed by atoms with van der Waals surface area (Å²) in [5, 5.41) is 5.22. The summed E-state index contributed by atoms with van der Waals surface area (Å²) in [5.41, 5.74) is 0.785. The normalized spacial score (nSPS) is 20.9. The summed E-state index contributed by atoms with van der Waals surface area (Å²) in [7, 11) is 0. The lowest BCUT2D eigenvalue weighted by Gasteiger charge is -2.22. The Morgan fingerprint density at radius 1 is 1.41 bits per heavy atom. The summed E-state index contributed by atoms with van der Waals surface area (Å²) >= 11 is 3.25. The fourth-order valence-electron chi connectivity index (χ4n) is 2.13. The van der Waals surface area contributed by atoms with E-state index in [9.17, 15) is 4.39 Å². The standard InChI is InChI=1S/C12H12BrFN2O/c13-12-8-7-16(11-3-1-2-6-17-11)15-10(8)5-4-9(12)14/h4-5,7,11H,1-3,6H2. The fourth-order valence-corrected chi connectivity index (χ4v) is 2.57. The van der Waals surface area contributed by atoms with Gasteiger partial charge >= 0.3 is 0 Å². The van der Waals surface area contributed by atoms with Gasteiger partial charge in [-0.3, -0.25) is 0 Å². The minimum absolute atomic E-state index is 0.00823. The van der Waals surface area contributed by atoms with E-state index in [1.165, 1.54) is 6.07 Å². The molecule has 0 N–H and O–H groups in total. The lowest BCUT2D eigenvalue weighted by atomic mass is 10.2. The van der Waals surface area contributed by atoms with Crippen LogP contribution < -0.4 is 0 Å². The van der Waals surface area contributed by atoms with Crippen molar-refractivity contribution >= 4 is 26.8 Å². The van der Waals surface area contributed by atoms with Gasteiger partial charge in [0.2, 0.25) is 0 Å². The summed E-state index contributed by atoms with van der Waals surface area (Å²) in [6.45, 7) is 0.774. The number of fused-ring (bicyclic) bond motifs is 1. The highest BCUT2D eigenvalue weighted by Gasteiger charge is 2.18. The number of rotatable bonds is 1. The first-order valence-corrected chi connectivity index (χ1v) is 6.49. The summed E-state index contributed by atoms with van der Waals surface area (Å²) in [6.07, 6.45) is 5.06. The summed E-state index contributed by atoms with van der Waals surface area (Å²) in [6, 6.07) is 3.11. The van der Waals surface area contributed by atoms with E-state index in [1.54, 1.807) is 10.7 Å². The molecule has 3 nitrogen and oxygen atoms in total. The zero-order valence-corrected chi connectivity index (χ0v) is 10.8. The molecule has 17 heavy (non-hydrogen) atoms. The van der Waals surface area contributed by atoms with Gasteiger partial charge in [-0.15, -0.1) is 0 Å². The molecule has 1 unspecified atom stereocenters. The van der Waals surface area contributed by atoms with Gasteiger partial charge in [0.25, 0.3) is 0 Å². The second-order valence-corrected chi connectivity index (χ2v) is 5.02. The topological polar surface area (TPSA) is 27.1 Å². The van der Waals surface area contributed by atoms with Crippen LogP contribution in [0.3, 0.4) is 0 Å². The van der Waals surface area contributed by atoms with Crippen molar-refractivity contribution in [3.8, 4) is 0 Å². The molecule has 1 atom stereocenters. The van der Waals surface area contributed by atoms with Crippen molar-refractivity contribution in [2.24, 2.45) is 0 Å². The summed E-state index contributed by atoms with van der Waals surface area (Å²) < 4.78 is 21.3. The fraction of sp³-hybridized carbons (Fsp3) is 0.417. The number of benzene rings is 1. The first-order chi connectivity index (χ1) is 8.25. The molecule has 1 aliphatic rings. The van der Waals surface area contributed by atoms with Crippen LogP contribution in [0.1, 0.15) is 25.5 Å². The van der Waals surface area contributed by atoms with E-state index in [1.807, 2.05) is 6.20 Å². The molecule has 90 valence electrons. The minimum Gasteiger partial charge on any atom is -0.357 e. The van der Waals surface area contributed by atoms with E-state index in [0.29, 0.717) is 4.47 Å². The van der Waals surface area contributed by atoms with Crippen LogP contribution in [0.5, 0.6) is 0 Å². The molecule has 0 aliphatic carbocycles. The Balaban J connectivity index is 2.04. The largest absolute Gasteiger partial charge is 0.357 e. The molecule has 0 radical (unpaired) electrons. The number of halogens is 2. The lowest BCUT2D eigenvalue weighted by Crippen LogP contribution is -2.18. The van der Waals surface area contributed by atoms with E-state index < -0.39 is 0 Å². The van der Waals surface area contributed by atoms with E-state index in [4.69, 9.17) is 4.74 Å². The van der Waals surface area contributed by atoms with Crippen LogP contribution in [0.4, 0.5) is 4.39 Å². The van der Waals surface area contributed by atoms with Crippen molar-refractivity contribution in [2.75, 3.05) is 6.61 Å². The van der Waals surface area contributed by atoms with Gasteiger partial charge in [-0.25, -0.2) is 9.07 Å². The van der Waals surface area contributed by atoms with Gasteiger partial charge in [-0.2, -0.15) is 5.10 Å². The van der Waals surface area contributed by atoms with Gasteiger partial charge < -0.3 is 4.74 Å². The molecule has 2 heterocycles. The Kier molecular flexibility index (Phi) is 2.88. The quantitative estimate of drug-likeness (QED) is 0.804. The van der Waals surface area contributed by atoms with E-state index in [0.717, 1.165) is 36.8 Å². The van der Waals surface area contributed by atoms with Gasteiger partial charge in [-0.1, -0.05) is 0 Å². The lowest BCUT2D eigenvalue weighted by molar-refractivity contribution is -0.0390. The van der Waals surface area contributed by atoms with Gasteiger partial charge in [0.15, 0.2) is 0 Å². The van der Waals surface area contributed by atoms with Crippen LogP contribution in [-0.2, 0) is 4.74 Å². The van der Waals surface area contributed by atoms with Crippen LogP contribution in [0.15, 0.2) is 22.8 Å². The molecule has 3 rings (SSSR count). The highest BCUT2D eigenvalue weighted by atomic mass is 79.9. The molecule has 1 fully saturated rings. The zero-order chi connectivity index (χ0) is 11.8. The van der Waals surface area contributed by atoms with Gasteiger partial charge in [0, 0.05) is 18.2 Å². The van der Waals surface area contributed by atoms with Gasteiger partial charge in [0.1, 0.15) is 12.0 Å². The van der Waals surface area contributed by atoms with Crippen LogP contribution in [0.25, 0.3) is 10.9 Å². The molecule has 0 amide bonds. The minimum atomic E-state index is -0.262. The monoisotopic (exact) mass is 298 g/mol. The van der Waals surface area contributed by atoms with Crippen LogP contribution in [0, 0.1) is 5.82 Å². The smallest absolute Gasteiger partial charge is 0.150 e. The third-order valence-electron chi connectivity index (χ3n) is 3.04. The Hall–Kier alpha value is -0.940. The molecular formula is C12H12BrFN2O. The highest BCUT2D eigenvalue weighted by Crippen LogP contribution is 2.29. The third-order valence-corrected chi connectivity index (χ3v) is 3.85. The van der Waals surface area contributed by atoms with Crippen molar-refractivity contribution in [2.45, 2.75) is 25.5 Å². The summed E-state index contributed by atoms with van der Waals surface area (Å²) in [5.74, 6) is -0.262. The van der Waals surface area contributed by atoms with E-state index in [2.05, 4.69) is 21.0 Å². The van der Waals surface area contributed by atoms with Crippen molar-refractivity contribution in [1.29, 1.82) is 0 Å². The maximum atomic E-state index is 13.4. The number of ether oxygens (including phenoxy) is 1. The number of hydrogen-bond acceptors (Lipinski definition) is 2. The molecule has 5 heteroatoms. The van der Waals surface area contributed by atoms with Crippen molar-refractivity contribution < 1.29 is 9.13 Å². The molecule has 1 saturated heterocycles. The number of hydrogen-bond donors (Lipinski definition) is 0.